The van der Waals surface area contributed by atoms with Gasteiger partial charge in [-0.2, -0.15) is 0 Å². The van der Waals surface area contributed by atoms with Gasteiger partial charge in [0.05, 0.1) is 0 Å². The Morgan fingerprint density at radius 3 is 1.44 bits per heavy atom. The summed E-state index contributed by atoms with van der Waals surface area (Å²) < 4.78 is 5.95. The van der Waals surface area contributed by atoms with Crippen LogP contribution in [0.5, 0.6) is 0 Å². The summed E-state index contributed by atoms with van der Waals surface area (Å²) >= 11 is 2.91. The molecule has 5 nitrogen and oxygen atoms in total. The van der Waals surface area contributed by atoms with Crippen LogP contribution in [0.15, 0.2) is 24.3 Å². The molecule has 0 saturated heterocycles. The van der Waals surface area contributed by atoms with Crippen LogP contribution in [-0.2, 0) is 19.1 Å². The molecule has 0 aromatic carbocycles. The molecule has 0 atom stereocenters. The second-order valence-electron chi connectivity index (χ2n) is 13.6. The van der Waals surface area contributed by atoms with Gasteiger partial charge in [0.2, 0.25) is 0 Å². The lowest BCUT2D eigenvalue weighted by molar-refractivity contribution is -0.150. The van der Waals surface area contributed by atoms with Crippen molar-refractivity contribution in [1.82, 2.24) is 4.90 Å². The van der Waals surface area contributed by atoms with Crippen LogP contribution in [0.25, 0.3) is 0 Å². The van der Waals surface area contributed by atoms with Gasteiger partial charge in [0.1, 0.15) is 6.10 Å². The molecule has 0 amide bonds. The van der Waals surface area contributed by atoms with Crippen LogP contribution < -0.4 is 0 Å². The molecule has 0 aliphatic carbocycles. The van der Waals surface area contributed by atoms with Gasteiger partial charge in [0.25, 0.3) is 0 Å². The molecular weight excluding hydrogens is 635 g/mol. The van der Waals surface area contributed by atoms with Crippen LogP contribution in [0.1, 0.15) is 181 Å². The van der Waals surface area contributed by atoms with E-state index in [1.54, 1.807) is 0 Å². The van der Waals surface area contributed by atoms with Crippen LogP contribution in [0.2, 0.25) is 0 Å². The van der Waals surface area contributed by atoms with E-state index in [0.29, 0.717) is 29.5 Å². The molecule has 0 fully saturated rings. The number of rotatable bonds is 35. The Hall–Kier alpha value is -1.05. The Balaban J connectivity index is 4.11. The van der Waals surface area contributed by atoms with Crippen molar-refractivity contribution in [2.45, 2.75) is 187 Å². The minimum atomic E-state index is -0.0634. The van der Waals surface area contributed by atoms with Crippen molar-refractivity contribution < 1.29 is 19.1 Å². The number of allylic oxidation sites excluding steroid dienone is 2. The number of thioether (sulfide) groups is 2. The van der Waals surface area contributed by atoms with E-state index in [2.05, 4.69) is 43.1 Å². The fourth-order valence-electron chi connectivity index (χ4n) is 5.57. The number of nitrogens with zero attached hydrogens (tertiary/aromatic N) is 1. The minimum Gasteiger partial charge on any atom is -0.462 e. The third-order valence-electron chi connectivity index (χ3n) is 8.56. The molecule has 0 bridgehead atoms. The molecule has 0 spiro atoms. The quantitative estimate of drug-likeness (QED) is 0.0369. The van der Waals surface area contributed by atoms with Gasteiger partial charge in [-0.05, 0) is 91.3 Å². The number of ether oxygens (including phenoxy) is 1. The van der Waals surface area contributed by atoms with E-state index < -0.39 is 0 Å². The smallest absolute Gasteiger partial charge is 0.306 e. The first-order chi connectivity index (χ1) is 23.4. The predicted octanol–water partition coefficient (Wildman–Crippen LogP) is 12.3. The summed E-state index contributed by atoms with van der Waals surface area (Å²) in [5.74, 6) is 1.54. The van der Waals surface area contributed by atoms with Crippen molar-refractivity contribution in [2.75, 3.05) is 32.1 Å². The second-order valence-corrected chi connectivity index (χ2v) is 15.8. The molecule has 7 heteroatoms. The van der Waals surface area contributed by atoms with Crippen molar-refractivity contribution in [1.29, 1.82) is 0 Å². The lowest BCUT2D eigenvalue weighted by atomic mass is 10.0. The summed E-state index contributed by atoms with van der Waals surface area (Å²) in [5.41, 5.74) is 0. The van der Waals surface area contributed by atoms with Crippen molar-refractivity contribution in [3.63, 3.8) is 0 Å². The number of carbonyl (C=O) groups is 3. The van der Waals surface area contributed by atoms with Gasteiger partial charge >= 0.3 is 5.97 Å². The summed E-state index contributed by atoms with van der Waals surface area (Å²) in [6.07, 6.45) is 36.6. The second kappa shape index (κ2) is 37.2. The topological polar surface area (TPSA) is 63.7 Å². The molecule has 0 heterocycles. The van der Waals surface area contributed by atoms with E-state index in [0.717, 1.165) is 114 Å². The van der Waals surface area contributed by atoms with Gasteiger partial charge in [-0.25, -0.2) is 0 Å². The molecule has 0 aromatic heterocycles. The largest absolute Gasteiger partial charge is 0.462 e. The zero-order valence-electron chi connectivity index (χ0n) is 31.8. The van der Waals surface area contributed by atoms with Gasteiger partial charge in [-0.3, -0.25) is 14.4 Å². The van der Waals surface area contributed by atoms with E-state index in [1.807, 2.05) is 14.1 Å². The molecule has 0 aromatic rings. The Labute approximate surface area is 306 Å². The highest BCUT2D eigenvalue weighted by atomic mass is 32.2. The summed E-state index contributed by atoms with van der Waals surface area (Å²) in [6.45, 7) is 5.36. The first kappa shape index (κ1) is 47.0. The zero-order chi connectivity index (χ0) is 35.3. The number of esters is 1. The van der Waals surface area contributed by atoms with Gasteiger partial charge in [-0.15, -0.1) is 0 Å². The molecule has 280 valence electrons. The molecule has 0 saturated carbocycles. The van der Waals surface area contributed by atoms with Gasteiger partial charge in [0.15, 0.2) is 10.2 Å². The maximum Gasteiger partial charge on any atom is 0.306 e. The van der Waals surface area contributed by atoms with Gasteiger partial charge in [-0.1, -0.05) is 139 Å². The highest BCUT2D eigenvalue weighted by Crippen LogP contribution is 2.19. The number of unbranched alkanes of at least 4 members (excludes halogenated alkanes) is 16. The lowest BCUT2D eigenvalue weighted by Gasteiger charge is -2.18. The molecule has 0 aliphatic rings. The van der Waals surface area contributed by atoms with Crippen molar-refractivity contribution in [3.8, 4) is 0 Å². The maximum absolute atomic E-state index is 12.5. The monoisotopic (exact) mass is 710 g/mol. The third-order valence-corrected chi connectivity index (χ3v) is 10.3. The number of carbonyl (C=O) groups excluding carboxylic acids is 3. The number of hydrogen-bond donors (Lipinski definition) is 0. The number of hydrogen-bond acceptors (Lipinski definition) is 7. The van der Waals surface area contributed by atoms with Crippen LogP contribution in [0.3, 0.4) is 0 Å². The van der Waals surface area contributed by atoms with Crippen LogP contribution in [0.4, 0.5) is 0 Å². The molecule has 0 N–H and O–H groups in total. The fourth-order valence-corrected chi connectivity index (χ4v) is 6.98. The van der Waals surface area contributed by atoms with Crippen molar-refractivity contribution in [3.05, 3.63) is 24.3 Å². The standard InChI is InChI=1S/C41H75NO4S2/c1-5-7-9-11-13-21-27-36-47-40(44)33-25-19-15-17-23-30-38(46-39(43)32-29-35-42(3)4)31-24-18-16-20-26-34-41(45)48-37-28-22-14-12-10-8-6-2/h21-22,27-28,38H,5-20,23-26,29-37H2,1-4H3. The Kier molecular flexibility index (Phi) is 36.4. The summed E-state index contributed by atoms with van der Waals surface area (Å²) in [6, 6.07) is 0. The zero-order valence-corrected chi connectivity index (χ0v) is 33.4. The molecule has 0 unspecified atom stereocenters. The normalized spacial score (nSPS) is 12.4. The first-order valence-corrected chi connectivity index (χ1v) is 21.8. The summed E-state index contributed by atoms with van der Waals surface area (Å²) in [5, 5.41) is 0.627. The molecular formula is C41H75NO4S2. The highest BCUT2D eigenvalue weighted by molar-refractivity contribution is 8.14. The Bertz CT molecular complexity index is 762. The lowest BCUT2D eigenvalue weighted by Crippen LogP contribution is -2.20. The van der Waals surface area contributed by atoms with Gasteiger partial charge < -0.3 is 9.64 Å². The summed E-state index contributed by atoms with van der Waals surface area (Å²) in [7, 11) is 4.06. The molecule has 0 radical (unpaired) electrons. The highest BCUT2D eigenvalue weighted by Gasteiger charge is 2.14. The molecule has 0 aliphatic heterocycles. The predicted molar refractivity (Wildman–Crippen MR) is 213 cm³/mol. The Morgan fingerprint density at radius 2 is 0.979 bits per heavy atom. The first-order valence-electron chi connectivity index (χ1n) is 19.8. The van der Waals surface area contributed by atoms with E-state index in [9.17, 15) is 14.4 Å². The fraction of sp³-hybridized carbons (Fsp3) is 0.829. The van der Waals surface area contributed by atoms with E-state index in [4.69, 9.17) is 4.74 Å². The van der Waals surface area contributed by atoms with E-state index in [1.165, 1.54) is 74.9 Å². The van der Waals surface area contributed by atoms with Crippen molar-refractivity contribution in [2.24, 2.45) is 0 Å². The van der Waals surface area contributed by atoms with Crippen LogP contribution in [-0.4, -0.2) is 59.3 Å². The van der Waals surface area contributed by atoms with Gasteiger partial charge in [0, 0.05) is 30.8 Å². The molecule has 48 heavy (non-hydrogen) atoms. The average Bonchev–Trinajstić information content (AvgIpc) is 3.05. The average molecular weight is 710 g/mol. The van der Waals surface area contributed by atoms with E-state index in [-0.39, 0.29) is 12.1 Å². The SMILES string of the molecule is CCCCCCC=CCSC(=O)CCCCCCCC(CCCCCCCC(=O)SCC=CCCCCCC)OC(=O)CCCN(C)C. The third kappa shape index (κ3) is 36.2. The molecule has 0 rings (SSSR count). The minimum absolute atomic E-state index is 0.00668. The van der Waals surface area contributed by atoms with Crippen LogP contribution in [0, 0.1) is 0 Å². The summed E-state index contributed by atoms with van der Waals surface area (Å²) in [4.78, 5) is 39.0. The van der Waals surface area contributed by atoms with E-state index >= 15 is 0 Å². The maximum atomic E-state index is 12.5. The Morgan fingerprint density at radius 1 is 0.542 bits per heavy atom. The van der Waals surface area contributed by atoms with Crippen molar-refractivity contribution >= 4 is 39.7 Å². The van der Waals surface area contributed by atoms with Crippen LogP contribution >= 0.6 is 23.5 Å².